The highest BCUT2D eigenvalue weighted by Gasteiger charge is 2.43. The summed E-state index contributed by atoms with van der Waals surface area (Å²) in [5, 5.41) is 22.6. The molecule has 23 heavy (non-hydrogen) atoms. The number of piperidine rings is 1. The normalized spacial score (nSPS) is 30.1. The Morgan fingerprint density at radius 2 is 1.87 bits per heavy atom. The molecule has 3 N–H and O–H groups in total. The monoisotopic (exact) mass is 318 g/mol. The highest BCUT2D eigenvalue weighted by atomic mass is 16.4. The largest absolute Gasteiger partial charge is 0.480 e. The summed E-state index contributed by atoms with van der Waals surface area (Å²) in [5.41, 5.74) is 0.928. The SMILES string of the molecule is CN1C2CCC1CC([C@H](N[C@@H](CO)c1ccccc1)C(=O)O)C2. The van der Waals surface area contributed by atoms with Gasteiger partial charge in [-0.2, -0.15) is 0 Å². The van der Waals surface area contributed by atoms with Crippen molar-refractivity contribution >= 4 is 5.97 Å². The third-order valence-corrected chi connectivity index (χ3v) is 5.64. The summed E-state index contributed by atoms with van der Waals surface area (Å²) in [5.74, 6) is -0.688. The van der Waals surface area contributed by atoms with Gasteiger partial charge in [-0.3, -0.25) is 10.1 Å². The van der Waals surface area contributed by atoms with Crippen molar-refractivity contribution in [2.75, 3.05) is 13.7 Å². The lowest BCUT2D eigenvalue weighted by Crippen LogP contribution is -2.51. The van der Waals surface area contributed by atoms with E-state index in [1.807, 2.05) is 30.3 Å². The first-order chi connectivity index (χ1) is 11.1. The quantitative estimate of drug-likeness (QED) is 0.743. The molecular weight excluding hydrogens is 292 g/mol. The molecule has 0 amide bonds. The van der Waals surface area contributed by atoms with Crippen LogP contribution >= 0.6 is 0 Å². The fraction of sp³-hybridized carbons (Fsp3) is 0.611. The van der Waals surface area contributed by atoms with E-state index in [4.69, 9.17) is 0 Å². The lowest BCUT2D eigenvalue weighted by molar-refractivity contribution is -0.142. The number of benzene rings is 1. The molecule has 5 nitrogen and oxygen atoms in total. The highest BCUT2D eigenvalue weighted by molar-refractivity contribution is 5.74. The van der Waals surface area contributed by atoms with Crippen molar-refractivity contribution in [1.29, 1.82) is 0 Å². The van der Waals surface area contributed by atoms with Gasteiger partial charge in [-0.05, 0) is 44.2 Å². The Kier molecular flexibility index (Phi) is 4.99. The van der Waals surface area contributed by atoms with Crippen LogP contribution in [0.15, 0.2) is 30.3 Å². The number of carboxylic acids is 1. The van der Waals surface area contributed by atoms with Gasteiger partial charge in [0.1, 0.15) is 6.04 Å². The summed E-state index contributed by atoms with van der Waals surface area (Å²) >= 11 is 0. The van der Waals surface area contributed by atoms with Crippen LogP contribution in [0.4, 0.5) is 0 Å². The average molecular weight is 318 g/mol. The summed E-state index contributed by atoms with van der Waals surface area (Å²) in [6.07, 6.45) is 4.19. The molecule has 2 aliphatic heterocycles. The predicted octanol–water partition coefficient (Wildman–Crippen LogP) is 1.64. The zero-order valence-corrected chi connectivity index (χ0v) is 13.6. The van der Waals surface area contributed by atoms with Crippen LogP contribution in [-0.2, 0) is 4.79 Å². The molecule has 2 bridgehead atoms. The number of nitrogens with one attached hydrogen (secondary N) is 1. The molecule has 1 aromatic carbocycles. The van der Waals surface area contributed by atoms with Crippen molar-refractivity contribution in [3.05, 3.63) is 35.9 Å². The first-order valence-corrected chi connectivity index (χ1v) is 8.46. The molecule has 2 saturated heterocycles. The minimum absolute atomic E-state index is 0.104. The molecule has 2 aliphatic rings. The number of rotatable bonds is 6. The van der Waals surface area contributed by atoms with Gasteiger partial charge >= 0.3 is 5.97 Å². The van der Waals surface area contributed by atoms with E-state index >= 15 is 0 Å². The third-order valence-electron chi connectivity index (χ3n) is 5.64. The lowest BCUT2D eigenvalue weighted by Gasteiger charge is -2.39. The van der Waals surface area contributed by atoms with Gasteiger partial charge in [0, 0.05) is 12.1 Å². The molecular formula is C18H26N2O3. The number of aliphatic hydroxyl groups excluding tert-OH is 1. The molecule has 4 atom stereocenters. The first kappa shape index (κ1) is 16.4. The Labute approximate surface area is 137 Å². The van der Waals surface area contributed by atoms with Crippen LogP contribution in [0.3, 0.4) is 0 Å². The van der Waals surface area contributed by atoms with Crippen LogP contribution in [0, 0.1) is 5.92 Å². The summed E-state index contributed by atoms with van der Waals surface area (Å²) in [7, 11) is 2.16. The van der Waals surface area contributed by atoms with Crippen LogP contribution in [0.25, 0.3) is 0 Å². The maximum atomic E-state index is 11.8. The first-order valence-electron chi connectivity index (χ1n) is 8.46. The zero-order chi connectivity index (χ0) is 16.4. The molecule has 1 aromatic rings. The van der Waals surface area contributed by atoms with Crippen molar-refractivity contribution < 1.29 is 15.0 Å². The molecule has 5 heteroatoms. The second-order valence-corrected chi connectivity index (χ2v) is 6.91. The summed E-state index contributed by atoms with van der Waals surface area (Å²) < 4.78 is 0. The maximum absolute atomic E-state index is 11.8. The van der Waals surface area contributed by atoms with E-state index < -0.39 is 12.0 Å². The van der Waals surface area contributed by atoms with Gasteiger partial charge in [-0.1, -0.05) is 30.3 Å². The van der Waals surface area contributed by atoms with E-state index in [2.05, 4.69) is 17.3 Å². The topological polar surface area (TPSA) is 72.8 Å². The van der Waals surface area contributed by atoms with Crippen molar-refractivity contribution in [3.63, 3.8) is 0 Å². The van der Waals surface area contributed by atoms with E-state index in [-0.39, 0.29) is 18.6 Å². The number of aliphatic hydroxyl groups is 1. The van der Waals surface area contributed by atoms with Crippen LogP contribution in [0.1, 0.15) is 37.3 Å². The van der Waals surface area contributed by atoms with Gasteiger partial charge in [0.2, 0.25) is 0 Å². The fourth-order valence-corrected chi connectivity index (χ4v) is 4.29. The van der Waals surface area contributed by atoms with Gasteiger partial charge in [0.05, 0.1) is 12.6 Å². The van der Waals surface area contributed by atoms with Crippen molar-refractivity contribution in [2.45, 2.75) is 49.9 Å². The molecule has 126 valence electrons. The molecule has 2 fully saturated rings. The third kappa shape index (κ3) is 3.42. The highest BCUT2D eigenvalue weighted by Crippen LogP contribution is 2.39. The summed E-state index contributed by atoms with van der Waals surface area (Å²) in [6, 6.07) is 9.64. The number of nitrogens with zero attached hydrogens (tertiary/aromatic N) is 1. The van der Waals surface area contributed by atoms with E-state index in [1.165, 1.54) is 12.8 Å². The Bertz CT molecular complexity index is 522. The lowest BCUT2D eigenvalue weighted by atomic mass is 9.84. The predicted molar refractivity (Wildman–Crippen MR) is 88.1 cm³/mol. The average Bonchev–Trinajstić information content (AvgIpc) is 2.77. The second-order valence-electron chi connectivity index (χ2n) is 6.91. The Balaban J connectivity index is 1.73. The number of hydrogen-bond donors (Lipinski definition) is 3. The molecule has 0 radical (unpaired) electrons. The van der Waals surface area contributed by atoms with E-state index in [1.54, 1.807) is 0 Å². The fourth-order valence-electron chi connectivity index (χ4n) is 4.29. The van der Waals surface area contributed by atoms with Crippen molar-refractivity contribution in [1.82, 2.24) is 10.2 Å². The number of aliphatic carboxylic acids is 1. The zero-order valence-electron chi connectivity index (χ0n) is 13.6. The van der Waals surface area contributed by atoms with Gasteiger partial charge in [0.15, 0.2) is 0 Å². The summed E-state index contributed by atoms with van der Waals surface area (Å²) in [6.45, 7) is -0.104. The molecule has 0 spiro atoms. The van der Waals surface area contributed by atoms with Gasteiger partial charge < -0.3 is 15.1 Å². The Morgan fingerprint density at radius 3 is 2.39 bits per heavy atom. The van der Waals surface area contributed by atoms with E-state index in [0.29, 0.717) is 12.1 Å². The van der Waals surface area contributed by atoms with Gasteiger partial charge in [-0.25, -0.2) is 0 Å². The Morgan fingerprint density at radius 1 is 1.26 bits per heavy atom. The second kappa shape index (κ2) is 6.99. The number of carboxylic acid groups (broad SMARTS) is 1. The van der Waals surface area contributed by atoms with Crippen molar-refractivity contribution in [2.24, 2.45) is 5.92 Å². The van der Waals surface area contributed by atoms with E-state index in [9.17, 15) is 15.0 Å². The number of fused-ring (bicyclic) bond motifs is 2. The number of hydrogen-bond acceptors (Lipinski definition) is 4. The van der Waals surface area contributed by atoms with Gasteiger partial charge in [0.25, 0.3) is 0 Å². The summed E-state index contributed by atoms with van der Waals surface area (Å²) in [4.78, 5) is 14.3. The maximum Gasteiger partial charge on any atom is 0.321 e. The smallest absolute Gasteiger partial charge is 0.321 e. The van der Waals surface area contributed by atoms with Crippen molar-refractivity contribution in [3.8, 4) is 0 Å². The standard InChI is InChI=1S/C18H26N2O3/c1-20-14-7-8-15(20)10-13(9-14)17(18(22)23)19-16(11-21)12-5-3-2-4-6-12/h2-6,13-17,19,21H,7-11H2,1H3,(H,22,23)/t13?,14?,15?,16-,17-/m0/s1. The molecule has 0 saturated carbocycles. The van der Waals surface area contributed by atoms with E-state index in [0.717, 1.165) is 18.4 Å². The Hall–Kier alpha value is -1.43. The van der Waals surface area contributed by atoms with Crippen LogP contribution in [0.2, 0.25) is 0 Å². The molecule has 3 rings (SSSR count). The van der Waals surface area contributed by atoms with Crippen LogP contribution in [-0.4, -0.2) is 52.9 Å². The molecule has 2 unspecified atom stereocenters. The van der Waals surface area contributed by atoms with Gasteiger partial charge in [-0.15, -0.1) is 0 Å². The van der Waals surface area contributed by atoms with Crippen LogP contribution in [0.5, 0.6) is 0 Å². The molecule has 0 aliphatic carbocycles. The minimum atomic E-state index is -0.812. The number of carbonyl (C=O) groups is 1. The minimum Gasteiger partial charge on any atom is -0.480 e. The van der Waals surface area contributed by atoms with Crippen LogP contribution < -0.4 is 5.32 Å². The molecule has 2 heterocycles. The molecule has 0 aromatic heterocycles.